The van der Waals surface area contributed by atoms with Gasteiger partial charge in [-0.2, -0.15) is 0 Å². The molecule has 1 aromatic carbocycles. The van der Waals surface area contributed by atoms with Gasteiger partial charge < -0.3 is 29.3 Å². The number of nitrogens with one attached hydrogen (secondary N) is 1. The maximum absolute atomic E-state index is 13.9. The van der Waals surface area contributed by atoms with Crippen molar-refractivity contribution in [3.8, 4) is 0 Å². The highest BCUT2D eigenvalue weighted by Crippen LogP contribution is 2.30. The third kappa shape index (κ3) is 10.4. The van der Waals surface area contributed by atoms with Crippen molar-refractivity contribution in [2.75, 3.05) is 34.9 Å². The van der Waals surface area contributed by atoms with Crippen LogP contribution < -0.4 is 5.32 Å². The Hall–Kier alpha value is -2.25. The van der Waals surface area contributed by atoms with E-state index in [9.17, 15) is 19.2 Å². The van der Waals surface area contributed by atoms with E-state index in [1.807, 2.05) is 51.2 Å². The molecule has 8 atom stereocenters. The first-order chi connectivity index (χ1) is 21.3. The van der Waals surface area contributed by atoms with Crippen molar-refractivity contribution in [3.05, 3.63) is 35.9 Å². The molecule has 0 aliphatic carbocycles. The van der Waals surface area contributed by atoms with Gasteiger partial charge in [0.05, 0.1) is 47.7 Å². The first kappa shape index (κ1) is 38.9. The Morgan fingerprint density at radius 1 is 1.04 bits per heavy atom. The van der Waals surface area contributed by atoms with Crippen molar-refractivity contribution >= 4 is 46.3 Å². The average molecular weight is 744 g/mol. The zero-order chi connectivity index (χ0) is 33.8. The van der Waals surface area contributed by atoms with Gasteiger partial charge in [-0.15, -0.1) is 0 Å². The lowest BCUT2D eigenvalue weighted by Crippen LogP contribution is -2.55. The van der Waals surface area contributed by atoms with E-state index in [1.165, 1.54) is 7.11 Å². The number of benzene rings is 1. The normalized spacial score (nSPS) is 19.6. The summed E-state index contributed by atoms with van der Waals surface area (Å²) in [6, 6.07) is 7.96. The van der Waals surface area contributed by atoms with Crippen molar-refractivity contribution in [1.29, 1.82) is 0 Å². The Labute approximate surface area is 283 Å². The van der Waals surface area contributed by atoms with Crippen LogP contribution in [0.15, 0.2) is 30.3 Å². The fourth-order valence-electron chi connectivity index (χ4n) is 6.27. The van der Waals surface area contributed by atoms with Crippen molar-refractivity contribution in [2.45, 2.75) is 101 Å². The van der Waals surface area contributed by atoms with E-state index in [1.54, 1.807) is 30.9 Å². The number of alkyl halides is 1. The van der Waals surface area contributed by atoms with Crippen LogP contribution in [0, 0.1) is 17.8 Å². The SMILES string of the molecule is CC[C@H](C)[C@@H]([C@@H](CC(=O)N1CCC[C@H]1[C@H](OC)[C@@H](C)C(=O)N[C@@H](Cc1ccccc1)C(=O)OC)OC)N(C)C(=O)[C@@H](I)C(C)C. The van der Waals surface area contributed by atoms with Gasteiger partial charge in [0.15, 0.2) is 0 Å². The third-order valence-corrected chi connectivity index (χ3v) is 11.1. The molecule has 3 amide bonds. The summed E-state index contributed by atoms with van der Waals surface area (Å²) >= 11 is 2.20. The molecular formula is C34H54IN3O7. The van der Waals surface area contributed by atoms with E-state index in [2.05, 4.69) is 41.8 Å². The molecule has 1 heterocycles. The van der Waals surface area contributed by atoms with Crippen LogP contribution in [0.4, 0.5) is 0 Å². The number of likely N-dealkylation sites (N-methyl/N-ethyl adjacent to an activating group) is 1. The Morgan fingerprint density at radius 2 is 1.69 bits per heavy atom. The zero-order valence-corrected chi connectivity index (χ0v) is 30.6. The molecule has 45 heavy (non-hydrogen) atoms. The monoisotopic (exact) mass is 743 g/mol. The summed E-state index contributed by atoms with van der Waals surface area (Å²) < 4.78 is 16.6. The Morgan fingerprint density at radius 3 is 2.22 bits per heavy atom. The average Bonchev–Trinajstić information content (AvgIpc) is 3.52. The second kappa shape index (κ2) is 18.8. The van der Waals surface area contributed by atoms with Gasteiger partial charge in [0.1, 0.15) is 6.04 Å². The predicted octanol–water partition coefficient (Wildman–Crippen LogP) is 4.27. The molecule has 1 aromatic rings. The van der Waals surface area contributed by atoms with Crippen LogP contribution in [0.3, 0.4) is 0 Å². The number of amides is 3. The number of esters is 1. The van der Waals surface area contributed by atoms with Gasteiger partial charge in [-0.1, -0.05) is 94.0 Å². The first-order valence-electron chi connectivity index (χ1n) is 16.0. The minimum atomic E-state index is -0.858. The number of carbonyl (C=O) groups is 4. The van der Waals surface area contributed by atoms with Crippen LogP contribution >= 0.6 is 22.6 Å². The van der Waals surface area contributed by atoms with Crippen LogP contribution in [0.25, 0.3) is 0 Å². The standard InChI is InChI=1S/C34H54IN3O7/c1-10-22(4)30(37(6)33(41)29(35)21(2)3)27(43-7)20-28(39)38-18-14-17-26(38)31(44-8)23(5)32(40)36-25(34(42)45-9)19-24-15-12-11-13-16-24/h11-13,15-16,21-23,25-27,29-31H,10,14,17-20H2,1-9H3,(H,36,40)/t22-,23+,25-,26-,27+,29-,30-,31+/m0/s1. The van der Waals surface area contributed by atoms with E-state index in [0.717, 1.165) is 18.4 Å². The number of rotatable bonds is 17. The maximum atomic E-state index is 13.9. The molecule has 254 valence electrons. The van der Waals surface area contributed by atoms with E-state index in [0.29, 0.717) is 19.4 Å². The smallest absolute Gasteiger partial charge is 0.328 e. The number of carbonyl (C=O) groups excluding carboxylic acids is 4. The Kier molecular flexibility index (Phi) is 16.3. The van der Waals surface area contributed by atoms with Crippen LogP contribution in [0.1, 0.15) is 65.9 Å². The van der Waals surface area contributed by atoms with E-state index >= 15 is 0 Å². The second-order valence-corrected chi connectivity index (χ2v) is 13.9. The third-order valence-electron chi connectivity index (χ3n) is 9.16. The molecular weight excluding hydrogens is 689 g/mol. The van der Waals surface area contributed by atoms with E-state index in [-0.39, 0.29) is 52.0 Å². The molecule has 0 saturated carbocycles. The summed E-state index contributed by atoms with van der Waals surface area (Å²) in [5, 5.41) is 2.86. The summed E-state index contributed by atoms with van der Waals surface area (Å²) in [4.78, 5) is 56.9. The minimum absolute atomic E-state index is 0.0289. The fraction of sp³-hybridized carbons (Fsp3) is 0.706. The van der Waals surface area contributed by atoms with E-state index < -0.39 is 30.1 Å². The molecule has 1 N–H and O–H groups in total. The number of nitrogens with zero attached hydrogens (tertiary/aromatic N) is 2. The van der Waals surface area contributed by atoms with Gasteiger partial charge in [0.2, 0.25) is 17.7 Å². The molecule has 1 aliphatic rings. The predicted molar refractivity (Wildman–Crippen MR) is 183 cm³/mol. The highest BCUT2D eigenvalue weighted by atomic mass is 127. The van der Waals surface area contributed by atoms with Crippen LogP contribution in [-0.4, -0.2) is 103 Å². The molecule has 0 radical (unpaired) electrons. The summed E-state index contributed by atoms with van der Waals surface area (Å²) in [6.07, 6.45) is 1.59. The topological polar surface area (TPSA) is 114 Å². The summed E-state index contributed by atoms with van der Waals surface area (Å²) in [5.74, 6) is -1.31. The zero-order valence-electron chi connectivity index (χ0n) is 28.5. The first-order valence-corrected chi connectivity index (χ1v) is 17.2. The van der Waals surface area contributed by atoms with Crippen LogP contribution in [0.2, 0.25) is 0 Å². The lowest BCUT2D eigenvalue weighted by molar-refractivity contribution is -0.148. The van der Waals surface area contributed by atoms with Gasteiger partial charge >= 0.3 is 5.97 Å². The van der Waals surface area contributed by atoms with Crippen LogP contribution in [0.5, 0.6) is 0 Å². The number of hydrogen-bond donors (Lipinski definition) is 1. The lowest BCUT2D eigenvalue weighted by atomic mass is 9.90. The highest BCUT2D eigenvalue weighted by molar-refractivity contribution is 14.1. The molecule has 1 fully saturated rings. The van der Waals surface area contributed by atoms with Crippen molar-refractivity contribution < 1.29 is 33.4 Å². The number of likely N-dealkylation sites (tertiary alicyclic amines) is 1. The van der Waals surface area contributed by atoms with Crippen molar-refractivity contribution in [2.24, 2.45) is 17.8 Å². The van der Waals surface area contributed by atoms with Gasteiger partial charge in [-0.3, -0.25) is 14.4 Å². The number of methoxy groups -OCH3 is 3. The van der Waals surface area contributed by atoms with Crippen molar-refractivity contribution in [1.82, 2.24) is 15.1 Å². The van der Waals surface area contributed by atoms with Gasteiger partial charge in [-0.05, 0) is 30.2 Å². The van der Waals surface area contributed by atoms with Gasteiger partial charge in [0, 0.05) is 34.2 Å². The lowest BCUT2D eigenvalue weighted by Gasteiger charge is -2.40. The molecule has 0 spiro atoms. The minimum Gasteiger partial charge on any atom is -0.467 e. The number of halogens is 1. The number of hydrogen-bond acceptors (Lipinski definition) is 7. The second-order valence-electron chi connectivity index (χ2n) is 12.5. The molecule has 11 heteroatoms. The molecule has 2 rings (SSSR count). The molecule has 0 unspecified atom stereocenters. The van der Waals surface area contributed by atoms with Crippen LogP contribution in [-0.2, 0) is 39.8 Å². The van der Waals surface area contributed by atoms with Crippen molar-refractivity contribution in [3.63, 3.8) is 0 Å². The summed E-state index contributed by atoms with van der Waals surface area (Å²) in [5.41, 5.74) is 0.894. The fourth-order valence-corrected chi connectivity index (χ4v) is 6.71. The van der Waals surface area contributed by atoms with E-state index in [4.69, 9.17) is 14.2 Å². The highest BCUT2D eigenvalue weighted by Gasteiger charge is 2.43. The Balaban J connectivity index is 2.22. The molecule has 1 saturated heterocycles. The quantitative estimate of drug-likeness (QED) is 0.144. The van der Waals surface area contributed by atoms with Gasteiger partial charge in [-0.25, -0.2) is 4.79 Å². The molecule has 10 nitrogen and oxygen atoms in total. The van der Waals surface area contributed by atoms with Gasteiger partial charge in [0.25, 0.3) is 0 Å². The number of ether oxygens (including phenoxy) is 3. The molecule has 0 bridgehead atoms. The summed E-state index contributed by atoms with van der Waals surface area (Å²) in [7, 11) is 6.24. The maximum Gasteiger partial charge on any atom is 0.328 e. The Bertz CT molecular complexity index is 1100. The largest absolute Gasteiger partial charge is 0.467 e. The molecule has 0 aromatic heterocycles. The summed E-state index contributed by atoms with van der Waals surface area (Å²) in [6.45, 7) is 10.5. The molecule has 1 aliphatic heterocycles.